The molecule has 0 amide bonds. The highest BCUT2D eigenvalue weighted by Crippen LogP contribution is 2.34. The molecule has 1 spiro atoms. The fourth-order valence-electron chi connectivity index (χ4n) is 3.61. The fraction of sp³-hybridized carbons (Fsp3) is 0.588. The summed E-state index contributed by atoms with van der Waals surface area (Å²) in [6.45, 7) is 4.85. The van der Waals surface area contributed by atoms with Gasteiger partial charge in [-0.25, -0.2) is 0 Å². The Hall–Kier alpha value is -1.63. The van der Waals surface area contributed by atoms with Crippen LogP contribution in [0.25, 0.3) is 0 Å². The number of hydrogen-bond acceptors (Lipinski definition) is 5. The smallest absolute Gasteiger partial charge is 0.117 e. The second-order valence-electron chi connectivity index (χ2n) is 6.53. The molecule has 0 bridgehead atoms. The predicted octanol–water partition coefficient (Wildman–Crippen LogP) is 1.93. The maximum atomic E-state index is 6.43. The Morgan fingerprint density at radius 3 is 3.17 bits per heavy atom. The Balaban J connectivity index is 1.40. The van der Waals surface area contributed by atoms with Gasteiger partial charge in [0.25, 0.3) is 0 Å². The summed E-state index contributed by atoms with van der Waals surface area (Å²) >= 11 is 0. The molecule has 0 saturated carbocycles. The van der Waals surface area contributed by atoms with Gasteiger partial charge in [-0.15, -0.1) is 0 Å². The summed E-state index contributed by atoms with van der Waals surface area (Å²) in [6.07, 6.45) is 7.82. The molecular weight excluding hydrogens is 294 g/mol. The Morgan fingerprint density at radius 1 is 1.35 bits per heavy atom. The molecule has 23 heavy (non-hydrogen) atoms. The normalized spacial score (nSPS) is 29.1. The van der Waals surface area contributed by atoms with Crippen LogP contribution in [0.2, 0.25) is 0 Å². The van der Waals surface area contributed by atoms with Gasteiger partial charge in [0, 0.05) is 25.5 Å². The SMILES string of the molecule is c1coc(CN2CCOC[C@]3(CC[C@@H](Cn4cccn4)O3)C2)c1. The molecule has 6 nitrogen and oxygen atoms in total. The molecular formula is C17H23N3O3. The monoisotopic (exact) mass is 317 g/mol. The van der Waals surface area contributed by atoms with Crippen molar-refractivity contribution in [3.8, 4) is 0 Å². The average molecular weight is 317 g/mol. The van der Waals surface area contributed by atoms with Crippen LogP contribution in [-0.4, -0.2) is 52.7 Å². The maximum absolute atomic E-state index is 6.43. The van der Waals surface area contributed by atoms with Gasteiger partial charge >= 0.3 is 0 Å². The van der Waals surface area contributed by atoms with E-state index in [2.05, 4.69) is 10.00 Å². The fourth-order valence-corrected chi connectivity index (χ4v) is 3.61. The zero-order chi connectivity index (χ0) is 15.5. The summed E-state index contributed by atoms with van der Waals surface area (Å²) in [5.74, 6) is 0.994. The average Bonchev–Trinajstić information content (AvgIpc) is 3.25. The van der Waals surface area contributed by atoms with Gasteiger partial charge in [0.2, 0.25) is 0 Å². The molecule has 4 heterocycles. The molecule has 2 fully saturated rings. The van der Waals surface area contributed by atoms with E-state index in [9.17, 15) is 0 Å². The number of rotatable bonds is 4. The lowest BCUT2D eigenvalue weighted by atomic mass is 10.00. The van der Waals surface area contributed by atoms with Crippen LogP contribution in [0.3, 0.4) is 0 Å². The molecule has 2 atom stereocenters. The van der Waals surface area contributed by atoms with Crippen molar-refractivity contribution < 1.29 is 13.9 Å². The van der Waals surface area contributed by atoms with Crippen LogP contribution in [0.5, 0.6) is 0 Å². The molecule has 0 radical (unpaired) electrons. The van der Waals surface area contributed by atoms with Crippen molar-refractivity contribution in [2.24, 2.45) is 0 Å². The molecule has 2 saturated heterocycles. The van der Waals surface area contributed by atoms with Crippen molar-refractivity contribution in [1.82, 2.24) is 14.7 Å². The van der Waals surface area contributed by atoms with Crippen molar-refractivity contribution in [2.75, 3.05) is 26.3 Å². The van der Waals surface area contributed by atoms with E-state index in [0.29, 0.717) is 6.61 Å². The Labute approximate surface area is 136 Å². The highest BCUT2D eigenvalue weighted by Gasteiger charge is 2.43. The van der Waals surface area contributed by atoms with E-state index in [1.54, 1.807) is 6.26 Å². The number of aromatic nitrogens is 2. The second-order valence-corrected chi connectivity index (χ2v) is 6.53. The van der Waals surface area contributed by atoms with Crippen molar-refractivity contribution in [3.63, 3.8) is 0 Å². The van der Waals surface area contributed by atoms with Gasteiger partial charge in [-0.3, -0.25) is 9.58 Å². The van der Waals surface area contributed by atoms with Crippen molar-refractivity contribution in [1.29, 1.82) is 0 Å². The zero-order valence-corrected chi connectivity index (χ0v) is 13.3. The van der Waals surface area contributed by atoms with Gasteiger partial charge in [-0.2, -0.15) is 5.10 Å². The van der Waals surface area contributed by atoms with E-state index in [0.717, 1.165) is 51.4 Å². The van der Waals surface area contributed by atoms with Crippen molar-refractivity contribution >= 4 is 0 Å². The molecule has 2 aromatic rings. The molecule has 2 aromatic heterocycles. The Bertz CT molecular complexity index is 599. The van der Waals surface area contributed by atoms with Gasteiger partial charge in [0.15, 0.2) is 0 Å². The molecule has 0 N–H and O–H groups in total. The molecule has 0 aromatic carbocycles. The van der Waals surface area contributed by atoms with Crippen molar-refractivity contribution in [3.05, 3.63) is 42.6 Å². The third kappa shape index (κ3) is 3.49. The summed E-state index contributed by atoms with van der Waals surface area (Å²) in [7, 11) is 0. The van der Waals surface area contributed by atoms with E-state index in [-0.39, 0.29) is 11.7 Å². The van der Waals surface area contributed by atoms with Crippen LogP contribution in [-0.2, 0) is 22.6 Å². The first kappa shape index (κ1) is 14.9. The maximum Gasteiger partial charge on any atom is 0.117 e. The van der Waals surface area contributed by atoms with Crippen LogP contribution >= 0.6 is 0 Å². The lowest BCUT2D eigenvalue weighted by Gasteiger charge is -2.31. The van der Waals surface area contributed by atoms with Gasteiger partial charge in [-0.1, -0.05) is 0 Å². The molecule has 0 aliphatic carbocycles. The highest BCUT2D eigenvalue weighted by molar-refractivity contribution is 5.00. The third-order valence-electron chi connectivity index (χ3n) is 4.68. The third-order valence-corrected chi connectivity index (χ3v) is 4.68. The van der Waals surface area contributed by atoms with Crippen LogP contribution < -0.4 is 0 Å². The van der Waals surface area contributed by atoms with Crippen LogP contribution in [0.4, 0.5) is 0 Å². The van der Waals surface area contributed by atoms with Gasteiger partial charge < -0.3 is 13.9 Å². The van der Waals surface area contributed by atoms with E-state index in [1.165, 1.54) is 0 Å². The standard InChI is InChI=1S/C17H23N3O3/c1-3-15(22-9-1)11-19-8-10-21-14-17(13-19)5-4-16(23-17)12-20-7-2-6-18-20/h1-3,6-7,9,16H,4-5,8,10-14H2/t16-,17-/m0/s1. The van der Waals surface area contributed by atoms with Crippen LogP contribution in [0, 0.1) is 0 Å². The number of hydrogen-bond donors (Lipinski definition) is 0. The van der Waals surface area contributed by atoms with Crippen LogP contribution in [0.1, 0.15) is 18.6 Å². The second kappa shape index (κ2) is 6.47. The zero-order valence-electron chi connectivity index (χ0n) is 13.3. The summed E-state index contributed by atoms with van der Waals surface area (Å²) in [5, 5.41) is 4.28. The van der Waals surface area contributed by atoms with Gasteiger partial charge in [-0.05, 0) is 31.0 Å². The first-order chi connectivity index (χ1) is 11.3. The van der Waals surface area contributed by atoms with E-state index in [4.69, 9.17) is 13.9 Å². The minimum Gasteiger partial charge on any atom is -0.468 e. The van der Waals surface area contributed by atoms with E-state index in [1.807, 2.05) is 35.3 Å². The molecule has 6 heteroatoms. The number of ether oxygens (including phenoxy) is 2. The summed E-state index contributed by atoms with van der Waals surface area (Å²) in [4.78, 5) is 2.38. The van der Waals surface area contributed by atoms with Gasteiger partial charge in [0.05, 0.1) is 38.7 Å². The predicted molar refractivity (Wildman–Crippen MR) is 83.9 cm³/mol. The van der Waals surface area contributed by atoms with Crippen molar-refractivity contribution in [2.45, 2.75) is 37.6 Å². The van der Waals surface area contributed by atoms with E-state index >= 15 is 0 Å². The van der Waals surface area contributed by atoms with E-state index < -0.39 is 0 Å². The van der Waals surface area contributed by atoms with Crippen LogP contribution in [0.15, 0.2) is 41.3 Å². The summed E-state index contributed by atoms with van der Waals surface area (Å²) in [6, 6.07) is 5.91. The number of furan rings is 1. The molecule has 0 unspecified atom stereocenters. The minimum atomic E-state index is -0.194. The first-order valence-electron chi connectivity index (χ1n) is 8.29. The quantitative estimate of drug-likeness (QED) is 0.862. The lowest BCUT2D eigenvalue weighted by Crippen LogP contribution is -2.44. The Morgan fingerprint density at radius 2 is 2.35 bits per heavy atom. The molecule has 4 rings (SSSR count). The number of nitrogens with zero attached hydrogens (tertiary/aromatic N) is 3. The molecule has 2 aliphatic rings. The highest BCUT2D eigenvalue weighted by atomic mass is 16.6. The first-order valence-corrected chi connectivity index (χ1v) is 8.29. The minimum absolute atomic E-state index is 0.194. The molecule has 2 aliphatic heterocycles. The Kier molecular flexibility index (Phi) is 4.20. The lowest BCUT2D eigenvalue weighted by molar-refractivity contribution is -0.0907. The summed E-state index contributed by atoms with van der Waals surface area (Å²) < 4.78 is 19.7. The topological polar surface area (TPSA) is 52.7 Å². The van der Waals surface area contributed by atoms with Gasteiger partial charge in [0.1, 0.15) is 11.4 Å². The largest absolute Gasteiger partial charge is 0.468 e. The molecule has 124 valence electrons. The summed E-state index contributed by atoms with van der Waals surface area (Å²) in [5.41, 5.74) is -0.194.